The van der Waals surface area contributed by atoms with E-state index in [2.05, 4.69) is 25.7 Å². The van der Waals surface area contributed by atoms with Gasteiger partial charge >= 0.3 is 0 Å². The molecular formula is C23H49NO3. The molecule has 27 heavy (non-hydrogen) atoms. The van der Waals surface area contributed by atoms with Gasteiger partial charge in [-0.3, -0.25) is 0 Å². The molecule has 4 heteroatoms. The van der Waals surface area contributed by atoms with E-state index in [9.17, 15) is 0 Å². The molecule has 0 aliphatic carbocycles. The van der Waals surface area contributed by atoms with Crippen molar-refractivity contribution in [1.82, 2.24) is 4.90 Å². The van der Waals surface area contributed by atoms with E-state index in [4.69, 9.17) is 14.6 Å². The summed E-state index contributed by atoms with van der Waals surface area (Å²) in [6.07, 6.45) is 14.8. The monoisotopic (exact) mass is 387 g/mol. The van der Waals surface area contributed by atoms with Gasteiger partial charge < -0.3 is 19.5 Å². The summed E-state index contributed by atoms with van der Waals surface area (Å²) in [6.45, 7) is 10.1. The molecule has 4 nitrogen and oxygen atoms in total. The molecule has 1 unspecified atom stereocenters. The van der Waals surface area contributed by atoms with Crippen molar-refractivity contribution < 1.29 is 14.6 Å². The maximum Gasteiger partial charge on any atom is 0.167 e. The number of aliphatic hydroxyl groups is 1. The Hall–Kier alpha value is -0.160. The molecule has 0 bridgehead atoms. The third-order valence-electron chi connectivity index (χ3n) is 5.95. The first-order valence-corrected chi connectivity index (χ1v) is 11.5. The molecule has 0 aliphatic rings. The van der Waals surface area contributed by atoms with Gasteiger partial charge in [0.25, 0.3) is 0 Å². The third kappa shape index (κ3) is 12.8. The Morgan fingerprint density at radius 1 is 0.741 bits per heavy atom. The molecule has 0 radical (unpaired) electrons. The van der Waals surface area contributed by atoms with E-state index in [1.807, 2.05) is 0 Å². The predicted molar refractivity (Wildman–Crippen MR) is 116 cm³/mol. The first-order valence-electron chi connectivity index (χ1n) is 11.5. The minimum Gasteiger partial charge on any atom is -0.396 e. The van der Waals surface area contributed by atoms with Crippen molar-refractivity contribution in [1.29, 1.82) is 0 Å². The average Bonchev–Trinajstić information content (AvgIpc) is 2.69. The maximum absolute atomic E-state index is 9.14. The minimum absolute atomic E-state index is 0.286. The van der Waals surface area contributed by atoms with Crippen LogP contribution in [0.25, 0.3) is 0 Å². The molecule has 0 heterocycles. The second kappa shape index (κ2) is 17.9. The lowest BCUT2D eigenvalue weighted by molar-refractivity contribution is -0.230. The lowest BCUT2D eigenvalue weighted by atomic mass is 9.88. The first-order chi connectivity index (χ1) is 13.1. The summed E-state index contributed by atoms with van der Waals surface area (Å²) < 4.78 is 11.5. The second-order valence-corrected chi connectivity index (χ2v) is 8.09. The van der Waals surface area contributed by atoms with Gasteiger partial charge in [0.1, 0.15) is 0 Å². The van der Waals surface area contributed by atoms with Crippen molar-refractivity contribution in [3.05, 3.63) is 0 Å². The lowest BCUT2D eigenvalue weighted by Gasteiger charge is -2.36. The van der Waals surface area contributed by atoms with Gasteiger partial charge in [-0.1, -0.05) is 58.8 Å². The van der Waals surface area contributed by atoms with Crippen molar-refractivity contribution in [3.63, 3.8) is 0 Å². The maximum atomic E-state index is 9.14. The number of hydrogen-bond acceptors (Lipinski definition) is 4. The summed E-state index contributed by atoms with van der Waals surface area (Å²) in [7, 11) is 3.54. The van der Waals surface area contributed by atoms with E-state index in [0.717, 1.165) is 38.9 Å². The van der Waals surface area contributed by atoms with Crippen LogP contribution in [0.2, 0.25) is 0 Å². The topological polar surface area (TPSA) is 41.9 Å². The van der Waals surface area contributed by atoms with Crippen molar-refractivity contribution in [3.8, 4) is 0 Å². The van der Waals surface area contributed by atoms with Gasteiger partial charge in [0.05, 0.1) is 0 Å². The summed E-state index contributed by atoms with van der Waals surface area (Å²) >= 11 is 0. The van der Waals surface area contributed by atoms with Gasteiger partial charge in [-0.25, -0.2) is 0 Å². The van der Waals surface area contributed by atoms with E-state index in [1.54, 1.807) is 14.2 Å². The predicted octanol–water partition coefficient (Wildman–Crippen LogP) is 5.63. The van der Waals surface area contributed by atoms with Crippen LogP contribution in [0.3, 0.4) is 0 Å². The quantitative estimate of drug-likeness (QED) is 0.217. The molecule has 0 amide bonds. The Balaban J connectivity index is 4.46. The van der Waals surface area contributed by atoms with Crippen LogP contribution in [0.4, 0.5) is 0 Å². The van der Waals surface area contributed by atoms with Gasteiger partial charge in [0.2, 0.25) is 0 Å². The van der Waals surface area contributed by atoms with E-state index in [1.165, 1.54) is 57.8 Å². The van der Waals surface area contributed by atoms with Crippen LogP contribution in [0, 0.1) is 5.92 Å². The fourth-order valence-corrected chi connectivity index (χ4v) is 3.83. The van der Waals surface area contributed by atoms with Crippen LogP contribution < -0.4 is 0 Å². The largest absolute Gasteiger partial charge is 0.396 e. The number of unbranched alkanes of at least 4 members (excludes halogenated alkanes) is 6. The highest BCUT2D eigenvalue weighted by molar-refractivity contribution is 4.76. The Kier molecular flexibility index (Phi) is 17.8. The summed E-state index contributed by atoms with van der Waals surface area (Å²) in [5.74, 6) is -0.0486. The average molecular weight is 388 g/mol. The zero-order valence-corrected chi connectivity index (χ0v) is 19.1. The SMILES string of the molecule is CCCCCCCCC(CCCN(CCCC)CCCO)C(C)(OC)OC. The van der Waals surface area contributed by atoms with Gasteiger partial charge in [0.15, 0.2) is 5.79 Å². The smallest absolute Gasteiger partial charge is 0.167 e. The standard InChI is InChI=1S/C23H49NO3/c1-6-8-10-11-12-13-16-22(23(3,26-4)27-5)17-14-19-24(18-9-7-2)20-15-21-25/h22,25H,6-21H2,1-5H3. The number of nitrogens with zero attached hydrogens (tertiary/aromatic N) is 1. The van der Waals surface area contributed by atoms with Crippen LogP contribution in [-0.4, -0.2) is 56.3 Å². The molecule has 0 saturated carbocycles. The number of aliphatic hydroxyl groups excluding tert-OH is 1. The van der Waals surface area contributed by atoms with Crippen molar-refractivity contribution in [2.75, 3.05) is 40.5 Å². The van der Waals surface area contributed by atoms with Crippen molar-refractivity contribution in [2.24, 2.45) is 5.92 Å². The Morgan fingerprint density at radius 3 is 1.85 bits per heavy atom. The zero-order chi connectivity index (χ0) is 20.4. The van der Waals surface area contributed by atoms with Gasteiger partial charge in [0, 0.05) is 33.3 Å². The van der Waals surface area contributed by atoms with E-state index in [-0.39, 0.29) is 6.61 Å². The number of methoxy groups -OCH3 is 2. The number of rotatable bonds is 20. The summed E-state index contributed by atoms with van der Waals surface area (Å²) in [4.78, 5) is 2.51. The normalized spacial score (nSPS) is 13.4. The molecule has 0 aliphatic heterocycles. The molecule has 1 N–H and O–H groups in total. The molecule has 0 aromatic rings. The molecule has 164 valence electrons. The molecule has 0 rings (SSSR count). The molecule has 0 spiro atoms. The third-order valence-corrected chi connectivity index (χ3v) is 5.95. The second-order valence-electron chi connectivity index (χ2n) is 8.09. The minimum atomic E-state index is -0.483. The van der Waals surface area contributed by atoms with Crippen LogP contribution >= 0.6 is 0 Å². The molecule has 1 atom stereocenters. The van der Waals surface area contributed by atoms with Crippen LogP contribution in [0.15, 0.2) is 0 Å². The van der Waals surface area contributed by atoms with Crippen LogP contribution in [0.1, 0.15) is 97.8 Å². The summed E-state index contributed by atoms with van der Waals surface area (Å²) in [5, 5.41) is 9.14. The zero-order valence-electron chi connectivity index (χ0n) is 19.1. The van der Waals surface area contributed by atoms with E-state index >= 15 is 0 Å². The fraction of sp³-hybridized carbons (Fsp3) is 1.00. The van der Waals surface area contributed by atoms with Crippen molar-refractivity contribution >= 4 is 0 Å². The first kappa shape index (κ1) is 26.8. The van der Waals surface area contributed by atoms with Crippen LogP contribution in [0.5, 0.6) is 0 Å². The lowest BCUT2D eigenvalue weighted by Crippen LogP contribution is -2.39. The summed E-state index contributed by atoms with van der Waals surface area (Å²) in [6, 6.07) is 0. The highest BCUT2D eigenvalue weighted by Crippen LogP contribution is 2.31. The molecule has 0 aromatic heterocycles. The van der Waals surface area contributed by atoms with Gasteiger partial charge in [-0.2, -0.15) is 0 Å². The highest BCUT2D eigenvalue weighted by Gasteiger charge is 2.33. The number of hydrogen-bond donors (Lipinski definition) is 1. The molecule has 0 aromatic carbocycles. The summed E-state index contributed by atoms with van der Waals surface area (Å²) in [5.41, 5.74) is 0. The van der Waals surface area contributed by atoms with Gasteiger partial charge in [-0.05, 0) is 52.1 Å². The Labute approximate surface area is 170 Å². The van der Waals surface area contributed by atoms with Gasteiger partial charge in [-0.15, -0.1) is 0 Å². The molecule has 0 fully saturated rings. The fourth-order valence-electron chi connectivity index (χ4n) is 3.83. The molecule has 0 saturated heterocycles. The Bertz CT molecular complexity index is 300. The van der Waals surface area contributed by atoms with E-state index < -0.39 is 5.79 Å². The number of ether oxygens (including phenoxy) is 2. The Morgan fingerprint density at radius 2 is 1.26 bits per heavy atom. The van der Waals surface area contributed by atoms with E-state index in [0.29, 0.717) is 5.92 Å². The van der Waals surface area contributed by atoms with Crippen LogP contribution in [-0.2, 0) is 9.47 Å². The molecular weight excluding hydrogens is 338 g/mol. The highest BCUT2D eigenvalue weighted by atomic mass is 16.7. The van der Waals surface area contributed by atoms with Crippen molar-refractivity contribution in [2.45, 2.75) is 104 Å².